The summed E-state index contributed by atoms with van der Waals surface area (Å²) in [5.41, 5.74) is 2.44. The summed E-state index contributed by atoms with van der Waals surface area (Å²) in [7, 11) is 0. The van der Waals surface area contributed by atoms with Gasteiger partial charge in [0.1, 0.15) is 5.82 Å². The van der Waals surface area contributed by atoms with E-state index in [0.29, 0.717) is 18.7 Å². The molecule has 0 spiro atoms. The summed E-state index contributed by atoms with van der Waals surface area (Å²) >= 11 is 0. The summed E-state index contributed by atoms with van der Waals surface area (Å²) < 4.78 is 0. The molecule has 0 saturated heterocycles. The van der Waals surface area contributed by atoms with Crippen molar-refractivity contribution in [2.45, 2.75) is 26.4 Å². The SMILES string of the molecule is Cc1ncc2c(n1)CCN(Cc1cccc([N+](=O)[O-])c1O)C2. The highest BCUT2D eigenvalue weighted by Crippen LogP contribution is 2.31. The number of para-hydroxylation sites is 1. The normalized spacial score (nSPS) is 14.6. The zero-order valence-corrected chi connectivity index (χ0v) is 12.2. The molecule has 3 rings (SSSR count). The minimum atomic E-state index is -0.568. The number of phenols is 1. The fraction of sp³-hybridized carbons (Fsp3) is 0.333. The zero-order chi connectivity index (χ0) is 15.7. The largest absolute Gasteiger partial charge is 0.502 e. The Morgan fingerprint density at radius 1 is 1.45 bits per heavy atom. The van der Waals surface area contributed by atoms with Crippen LogP contribution in [0.15, 0.2) is 24.4 Å². The van der Waals surface area contributed by atoms with Gasteiger partial charge in [-0.25, -0.2) is 9.97 Å². The second-order valence-corrected chi connectivity index (χ2v) is 5.39. The Labute approximate surface area is 127 Å². The van der Waals surface area contributed by atoms with Crippen LogP contribution in [0.5, 0.6) is 5.75 Å². The Morgan fingerprint density at radius 3 is 3.05 bits per heavy atom. The first kappa shape index (κ1) is 14.4. The highest BCUT2D eigenvalue weighted by Gasteiger charge is 2.21. The predicted octanol–water partition coefficient (Wildman–Crippen LogP) is 1.96. The van der Waals surface area contributed by atoms with Crippen LogP contribution in [-0.4, -0.2) is 31.4 Å². The van der Waals surface area contributed by atoms with E-state index >= 15 is 0 Å². The van der Waals surface area contributed by atoms with Crippen molar-refractivity contribution >= 4 is 5.69 Å². The van der Waals surface area contributed by atoms with Gasteiger partial charge in [-0.1, -0.05) is 12.1 Å². The van der Waals surface area contributed by atoms with Gasteiger partial charge in [0.15, 0.2) is 5.75 Å². The molecule has 1 aromatic carbocycles. The molecule has 0 saturated carbocycles. The Bertz CT molecular complexity index is 733. The fourth-order valence-corrected chi connectivity index (χ4v) is 2.70. The standard InChI is InChI=1S/C15H16N4O3/c1-10-16-7-12-9-18(6-5-13(12)17-10)8-11-3-2-4-14(15(11)20)19(21)22/h2-4,7,20H,5-6,8-9H2,1H3. The molecule has 7 nitrogen and oxygen atoms in total. The monoisotopic (exact) mass is 300 g/mol. The first-order valence-electron chi connectivity index (χ1n) is 7.03. The lowest BCUT2D eigenvalue weighted by atomic mass is 10.1. The number of nitro groups is 1. The van der Waals surface area contributed by atoms with E-state index in [9.17, 15) is 15.2 Å². The molecule has 1 aliphatic heterocycles. The van der Waals surface area contributed by atoms with Crippen LogP contribution in [-0.2, 0) is 19.5 Å². The van der Waals surface area contributed by atoms with Gasteiger partial charge in [0.05, 0.1) is 4.92 Å². The fourth-order valence-electron chi connectivity index (χ4n) is 2.70. The van der Waals surface area contributed by atoms with Crippen molar-refractivity contribution in [3.05, 3.63) is 57.2 Å². The topological polar surface area (TPSA) is 92.4 Å². The number of nitrogens with zero attached hydrogens (tertiary/aromatic N) is 4. The van der Waals surface area contributed by atoms with Gasteiger partial charge in [-0.05, 0) is 6.92 Å². The number of fused-ring (bicyclic) bond motifs is 1. The third-order valence-electron chi connectivity index (χ3n) is 3.82. The molecule has 0 radical (unpaired) electrons. The minimum absolute atomic E-state index is 0.251. The van der Waals surface area contributed by atoms with Gasteiger partial charge in [0.25, 0.3) is 0 Å². The van der Waals surface area contributed by atoms with E-state index in [1.807, 2.05) is 13.1 Å². The first-order valence-corrected chi connectivity index (χ1v) is 7.03. The summed E-state index contributed by atoms with van der Waals surface area (Å²) in [6.45, 7) is 3.80. The van der Waals surface area contributed by atoms with Crippen molar-refractivity contribution in [3.8, 4) is 5.75 Å². The van der Waals surface area contributed by atoms with Crippen molar-refractivity contribution in [1.29, 1.82) is 0 Å². The number of rotatable bonds is 3. The summed E-state index contributed by atoms with van der Waals surface area (Å²) in [6, 6.07) is 4.61. The first-order chi connectivity index (χ1) is 10.5. The highest BCUT2D eigenvalue weighted by molar-refractivity contribution is 5.50. The second kappa shape index (κ2) is 5.69. The third kappa shape index (κ3) is 2.75. The number of phenolic OH excluding ortho intramolecular Hbond substituents is 1. The maximum atomic E-state index is 10.9. The van der Waals surface area contributed by atoms with Gasteiger partial charge in [-0.2, -0.15) is 0 Å². The lowest BCUT2D eigenvalue weighted by Crippen LogP contribution is -2.31. The van der Waals surface area contributed by atoms with Crippen molar-refractivity contribution in [2.75, 3.05) is 6.54 Å². The van der Waals surface area contributed by atoms with Gasteiger partial charge < -0.3 is 5.11 Å². The lowest BCUT2D eigenvalue weighted by molar-refractivity contribution is -0.385. The average Bonchev–Trinajstić information content (AvgIpc) is 2.49. The molecule has 0 amide bonds. The molecular weight excluding hydrogens is 284 g/mol. The molecule has 0 bridgehead atoms. The minimum Gasteiger partial charge on any atom is -0.502 e. The van der Waals surface area contributed by atoms with Crippen LogP contribution in [0.2, 0.25) is 0 Å². The van der Waals surface area contributed by atoms with Crippen LogP contribution in [0.4, 0.5) is 5.69 Å². The van der Waals surface area contributed by atoms with E-state index in [-0.39, 0.29) is 11.4 Å². The molecule has 2 aromatic rings. The predicted molar refractivity (Wildman–Crippen MR) is 79.3 cm³/mol. The van der Waals surface area contributed by atoms with Crippen molar-refractivity contribution in [3.63, 3.8) is 0 Å². The zero-order valence-electron chi connectivity index (χ0n) is 12.2. The Hall–Kier alpha value is -2.54. The Morgan fingerprint density at radius 2 is 2.27 bits per heavy atom. The van der Waals surface area contributed by atoms with Gasteiger partial charge in [0, 0.05) is 55.1 Å². The van der Waals surface area contributed by atoms with Crippen molar-refractivity contribution in [1.82, 2.24) is 14.9 Å². The second-order valence-electron chi connectivity index (χ2n) is 5.39. The molecule has 114 valence electrons. The van der Waals surface area contributed by atoms with E-state index in [2.05, 4.69) is 14.9 Å². The van der Waals surface area contributed by atoms with Crippen LogP contribution in [0.3, 0.4) is 0 Å². The number of hydrogen-bond donors (Lipinski definition) is 1. The Balaban J connectivity index is 1.79. The molecule has 1 aromatic heterocycles. The van der Waals surface area contributed by atoms with Crippen LogP contribution in [0, 0.1) is 17.0 Å². The molecule has 2 heterocycles. The van der Waals surface area contributed by atoms with E-state index in [1.54, 1.807) is 12.1 Å². The van der Waals surface area contributed by atoms with Crippen LogP contribution in [0.1, 0.15) is 22.6 Å². The lowest BCUT2D eigenvalue weighted by Gasteiger charge is -2.28. The molecule has 0 fully saturated rings. The number of aryl methyl sites for hydroxylation is 1. The van der Waals surface area contributed by atoms with Crippen molar-refractivity contribution in [2.24, 2.45) is 0 Å². The molecule has 0 unspecified atom stereocenters. The molecule has 1 aliphatic rings. The maximum Gasteiger partial charge on any atom is 0.311 e. The van der Waals surface area contributed by atoms with Gasteiger partial charge >= 0.3 is 5.69 Å². The van der Waals surface area contributed by atoms with E-state index in [1.165, 1.54) is 6.07 Å². The summed E-state index contributed by atoms with van der Waals surface area (Å²) in [5.74, 6) is 0.516. The Kier molecular flexibility index (Phi) is 3.72. The summed E-state index contributed by atoms with van der Waals surface area (Å²) in [5, 5.41) is 20.9. The molecule has 7 heteroatoms. The third-order valence-corrected chi connectivity index (χ3v) is 3.82. The number of aromatic hydroxyl groups is 1. The van der Waals surface area contributed by atoms with Crippen LogP contribution >= 0.6 is 0 Å². The summed E-state index contributed by atoms with van der Waals surface area (Å²) in [4.78, 5) is 21.1. The number of nitro benzene ring substituents is 1. The molecule has 22 heavy (non-hydrogen) atoms. The van der Waals surface area contributed by atoms with E-state index in [4.69, 9.17) is 0 Å². The molecular formula is C15H16N4O3. The van der Waals surface area contributed by atoms with E-state index in [0.717, 1.165) is 30.0 Å². The maximum absolute atomic E-state index is 10.9. The molecule has 0 aliphatic carbocycles. The number of benzene rings is 1. The van der Waals surface area contributed by atoms with Crippen LogP contribution in [0.25, 0.3) is 0 Å². The van der Waals surface area contributed by atoms with Gasteiger partial charge in [0.2, 0.25) is 0 Å². The quantitative estimate of drug-likeness (QED) is 0.688. The van der Waals surface area contributed by atoms with Gasteiger partial charge in [-0.15, -0.1) is 0 Å². The molecule has 0 atom stereocenters. The highest BCUT2D eigenvalue weighted by atomic mass is 16.6. The van der Waals surface area contributed by atoms with E-state index < -0.39 is 4.92 Å². The average molecular weight is 300 g/mol. The molecule has 1 N–H and O–H groups in total. The van der Waals surface area contributed by atoms with Gasteiger partial charge in [-0.3, -0.25) is 15.0 Å². The summed E-state index contributed by atoms with van der Waals surface area (Å²) in [6.07, 6.45) is 2.64. The smallest absolute Gasteiger partial charge is 0.311 e. The van der Waals surface area contributed by atoms with Crippen molar-refractivity contribution < 1.29 is 10.0 Å². The number of aromatic nitrogens is 2. The van der Waals surface area contributed by atoms with Crippen LogP contribution < -0.4 is 0 Å². The number of hydrogen-bond acceptors (Lipinski definition) is 6.